The molecule has 0 spiro atoms. The maximum Gasteiger partial charge on any atom is 0.330 e. The Bertz CT molecular complexity index is 76.1. The summed E-state index contributed by atoms with van der Waals surface area (Å²) in [6, 6.07) is 0. The fourth-order valence-electron chi connectivity index (χ4n) is 0.190. The average molecular weight is 99.1 g/mol. The van der Waals surface area contributed by atoms with Crippen LogP contribution in [-0.4, -0.2) is 12.6 Å². The molecule has 0 bridgehead atoms. The maximum absolute atomic E-state index is 10.0. The van der Waals surface area contributed by atoms with Gasteiger partial charge in [-0.1, -0.05) is 6.58 Å². The van der Waals surface area contributed by atoms with Crippen LogP contribution >= 0.6 is 0 Å². The molecular weight excluding hydrogens is 92.1 g/mol. The van der Waals surface area contributed by atoms with E-state index in [0.717, 1.165) is 6.08 Å². The monoisotopic (exact) mass is 99.0 g/mol. The Labute approximate surface area is 42.8 Å². The first-order valence-electron chi connectivity index (χ1n) is 2.03. The van der Waals surface area contributed by atoms with Crippen LogP contribution in [0.1, 0.15) is 6.92 Å². The van der Waals surface area contributed by atoms with Crippen LogP contribution in [0, 0.1) is 6.58 Å². The molecule has 0 aromatic rings. The van der Waals surface area contributed by atoms with Crippen LogP contribution in [0.25, 0.3) is 0 Å². The van der Waals surface area contributed by atoms with Gasteiger partial charge in [0, 0.05) is 6.08 Å². The van der Waals surface area contributed by atoms with Crippen molar-refractivity contribution in [3.63, 3.8) is 0 Å². The van der Waals surface area contributed by atoms with Gasteiger partial charge in [-0.25, -0.2) is 4.79 Å². The Morgan fingerprint density at radius 3 is 2.71 bits per heavy atom. The zero-order chi connectivity index (χ0) is 5.70. The summed E-state index contributed by atoms with van der Waals surface area (Å²) in [6.45, 7) is 6.86. The fourth-order valence-corrected chi connectivity index (χ4v) is 0.190. The minimum atomic E-state index is -0.470. The number of ether oxygens (including phenoxy) is 1. The van der Waals surface area contributed by atoms with Crippen molar-refractivity contribution in [2.24, 2.45) is 0 Å². The van der Waals surface area contributed by atoms with Crippen LogP contribution in [0.15, 0.2) is 6.08 Å². The lowest BCUT2D eigenvalue weighted by Crippen LogP contribution is -1.97. The van der Waals surface area contributed by atoms with E-state index in [1.54, 1.807) is 6.92 Å². The number of hydrogen-bond acceptors (Lipinski definition) is 2. The topological polar surface area (TPSA) is 26.3 Å². The van der Waals surface area contributed by atoms with Crippen molar-refractivity contribution >= 4 is 5.97 Å². The summed E-state index contributed by atoms with van der Waals surface area (Å²) in [5, 5.41) is 0. The largest absolute Gasteiger partial charge is 0.463 e. The molecule has 0 aliphatic rings. The van der Waals surface area contributed by atoms with E-state index < -0.39 is 5.97 Å². The molecule has 0 unspecified atom stereocenters. The lowest BCUT2D eigenvalue weighted by molar-refractivity contribution is -0.137. The van der Waals surface area contributed by atoms with Crippen molar-refractivity contribution in [1.82, 2.24) is 0 Å². The van der Waals surface area contributed by atoms with Crippen molar-refractivity contribution in [3.05, 3.63) is 12.7 Å². The second-order valence-electron chi connectivity index (χ2n) is 0.919. The molecule has 0 aromatic heterocycles. The Hall–Kier alpha value is -0.790. The molecule has 0 saturated heterocycles. The van der Waals surface area contributed by atoms with E-state index in [1.807, 2.05) is 0 Å². The Balaban J connectivity index is 3.17. The molecule has 0 amide bonds. The van der Waals surface area contributed by atoms with Crippen LogP contribution in [-0.2, 0) is 9.53 Å². The highest BCUT2D eigenvalue weighted by atomic mass is 16.5. The Morgan fingerprint density at radius 2 is 2.57 bits per heavy atom. The summed E-state index contributed by atoms with van der Waals surface area (Å²) in [7, 11) is 0. The van der Waals surface area contributed by atoms with Gasteiger partial charge >= 0.3 is 5.97 Å². The standard InChI is InChI=1S/C5H7O2/c1-3-5(6)7-4-2/h1,3H,4H2,2H3. The molecule has 0 heterocycles. The first-order chi connectivity index (χ1) is 3.31. The molecule has 0 rings (SSSR count). The molecule has 2 heteroatoms. The van der Waals surface area contributed by atoms with Gasteiger partial charge in [0.15, 0.2) is 0 Å². The zero-order valence-electron chi connectivity index (χ0n) is 4.18. The van der Waals surface area contributed by atoms with Gasteiger partial charge in [-0.15, -0.1) is 0 Å². The van der Waals surface area contributed by atoms with Crippen LogP contribution < -0.4 is 0 Å². The molecule has 0 aromatic carbocycles. The van der Waals surface area contributed by atoms with Crippen molar-refractivity contribution in [3.8, 4) is 0 Å². The van der Waals surface area contributed by atoms with Gasteiger partial charge < -0.3 is 4.74 Å². The van der Waals surface area contributed by atoms with Gasteiger partial charge in [0.2, 0.25) is 0 Å². The van der Waals surface area contributed by atoms with E-state index in [2.05, 4.69) is 4.74 Å². The first-order valence-corrected chi connectivity index (χ1v) is 2.03. The molecule has 1 radical (unpaired) electrons. The average Bonchev–Trinajstić information content (AvgIpc) is 1.68. The number of esters is 1. The molecule has 2 nitrogen and oxygen atoms in total. The third-order valence-electron chi connectivity index (χ3n) is 0.423. The first kappa shape index (κ1) is 6.21. The lowest BCUT2D eigenvalue weighted by Gasteiger charge is -1.90. The molecule has 0 aliphatic carbocycles. The summed E-state index contributed by atoms with van der Waals surface area (Å²) in [6.07, 6.45) is 0.892. The minimum Gasteiger partial charge on any atom is -0.463 e. The SMILES string of the molecule is [CH]=CC(=O)OCC. The van der Waals surface area contributed by atoms with Gasteiger partial charge in [0.05, 0.1) is 6.61 Å². The van der Waals surface area contributed by atoms with Gasteiger partial charge in [0.25, 0.3) is 0 Å². The highest BCUT2D eigenvalue weighted by molar-refractivity contribution is 5.80. The van der Waals surface area contributed by atoms with Crippen LogP contribution in [0.4, 0.5) is 0 Å². The molecule has 7 heavy (non-hydrogen) atoms. The lowest BCUT2D eigenvalue weighted by atomic mass is 10.6. The zero-order valence-corrected chi connectivity index (χ0v) is 4.18. The van der Waals surface area contributed by atoms with E-state index >= 15 is 0 Å². The van der Waals surface area contributed by atoms with Crippen molar-refractivity contribution in [2.75, 3.05) is 6.61 Å². The van der Waals surface area contributed by atoms with Crippen molar-refractivity contribution in [1.29, 1.82) is 0 Å². The molecule has 0 N–H and O–H groups in total. The number of rotatable bonds is 2. The predicted octanol–water partition coefficient (Wildman–Crippen LogP) is 0.539. The predicted molar refractivity (Wildman–Crippen MR) is 25.5 cm³/mol. The summed E-state index contributed by atoms with van der Waals surface area (Å²) < 4.78 is 4.37. The summed E-state index contributed by atoms with van der Waals surface area (Å²) in [5.41, 5.74) is 0. The normalized spacial score (nSPS) is 7.57. The summed E-state index contributed by atoms with van der Waals surface area (Å²) in [4.78, 5) is 10.0. The Morgan fingerprint density at radius 1 is 2.00 bits per heavy atom. The molecule has 0 saturated carbocycles. The van der Waals surface area contributed by atoms with Crippen molar-refractivity contribution in [2.45, 2.75) is 6.92 Å². The van der Waals surface area contributed by atoms with E-state index in [-0.39, 0.29) is 0 Å². The number of carbonyl (C=O) groups is 1. The molecule has 39 valence electrons. The van der Waals surface area contributed by atoms with Crippen molar-refractivity contribution < 1.29 is 9.53 Å². The quantitative estimate of drug-likeness (QED) is 0.373. The third-order valence-corrected chi connectivity index (χ3v) is 0.423. The maximum atomic E-state index is 10.0. The van der Waals surface area contributed by atoms with E-state index in [0.29, 0.717) is 6.61 Å². The van der Waals surface area contributed by atoms with E-state index in [4.69, 9.17) is 6.58 Å². The molecular formula is C5H7O2. The highest BCUT2D eigenvalue weighted by Gasteiger charge is 1.86. The van der Waals surface area contributed by atoms with E-state index in [1.165, 1.54) is 0 Å². The summed E-state index contributed by atoms with van der Waals surface area (Å²) >= 11 is 0. The highest BCUT2D eigenvalue weighted by Crippen LogP contribution is 1.74. The van der Waals surface area contributed by atoms with Gasteiger partial charge in [-0.3, -0.25) is 0 Å². The van der Waals surface area contributed by atoms with E-state index in [9.17, 15) is 4.79 Å². The van der Waals surface area contributed by atoms with Gasteiger partial charge in [0.1, 0.15) is 0 Å². The number of hydrogen-bond donors (Lipinski definition) is 0. The molecule has 0 atom stereocenters. The minimum absolute atomic E-state index is 0.381. The second-order valence-corrected chi connectivity index (χ2v) is 0.919. The summed E-state index contributed by atoms with van der Waals surface area (Å²) in [5.74, 6) is -0.470. The fraction of sp³-hybridized carbons (Fsp3) is 0.400. The smallest absolute Gasteiger partial charge is 0.330 e. The molecule has 0 fully saturated rings. The number of carbonyl (C=O) groups excluding carboxylic acids is 1. The third kappa shape index (κ3) is 3.03. The molecule has 0 aliphatic heterocycles. The van der Waals surface area contributed by atoms with Gasteiger partial charge in [-0.2, -0.15) is 0 Å². The van der Waals surface area contributed by atoms with Crippen LogP contribution in [0.2, 0.25) is 0 Å². The Kier molecular flexibility index (Phi) is 3.02. The van der Waals surface area contributed by atoms with Crippen LogP contribution in [0.3, 0.4) is 0 Å². The van der Waals surface area contributed by atoms with Crippen LogP contribution in [0.5, 0.6) is 0 Å². The second kappa shape index (κ2) is 3.40. The van der Waals surface area contributed by atoms with Gasteiger partial charge in [-0.05, 0) is 6.92 Å².